The highest BCUT2D eigenvalue weighted by atomic mass is 32.2. The third-order valence-electron chi connectivity index (χ3n) is 6.04. The first-order valence-corrected chi connectivity index (χ1v) is 12.3. The highest BCUT2D eigenvalue weighted by Gasteiger charge is 2.29. The van der Waals surface area contributed by atoms with Gasteiger partial charge in [0.2, 0.25) is 5.82 Å². The molecule has 188 valence electrons. The van der Waals surface area contributed by atoms with Gasteiger partial charge < -0.3 is 14.5 Å². The minimum Gasteiger partial charge on any atom is -0.393 e. The van der Waals surface area contributed by atoms with Crippen LogP contribution in [-0.2, 0) is 6.54 Å². The van der Waals surface area contributed by atoms with Crippen molar-refractivity contribution in [2.45, 2.75) is 42.8 Å². The molecule has 5 rings (SSSR count). The molecule has 0 bridgehead atoms. The Bertz CT molecular complexity index is 1330. The second-order valence-corrected chi connectivity index (χ2v) is 9.85. The van der Waals surface area contributed by atoms with Gasteiger partial charge in [0, 0.05) is 34.9 Å². The van der Waals surface area contributed by atoms with E-state index in [4.69, 9.17) is 4.52 Å². The summed E-state index contributed by atoms with van der Waals surface area (Å²) in [6.45, 7) is 4.17. The van der Waals surface area contributed by atoms with Crippen LogP contribution in [0.3, 0.4) is 0 Å². The molecule has 0 spiro atoms. The van der Waals surface area contributed by atoms with Crippen LogP contribution in [0.25, 0.3) is 23.0 Å². The first-order valence-electron chi connectivity index (χ1n) is 11.5. The average molecular weight is 516 g/mol. The standard InChI is InChI=1S/C25H24F3N5O2S/c1-16-13-22(24-29-23(31-35-24)18-5-7-21(8-6-18)36-25(26,27)28)30-33(16)15-17-3-2-4-19(14-17)32-11-9-20(34)10-12-32/h2-8,13-14,20,34H,9-12,15H2,1H3. The summed E-state index contributed by atoms with van der Waals surface area (Å²) in [5.41, 5.74) is -0.114. The van der Waals surface area contributed by atoms with Gasteiger partial charge in [-0.25, -0.2) is 0 Å². The van der Waals surface area contributed by atoms with Gasteiger partial charge in [0.25, 0.3) is 5.89 Å². The summed E-state index contributed by atoms with van der Waals surface area (Å²) in [6.07, 6.45) is 1.33. The second kappa shape index (κ2) is 9.98. The smallest absolute Gasteiger partial charge is 0.393 e. The molecule has 1 aliphatic heterocycles. The van der Waals surface area contributed by atoms with Crippen molar-refractivity contribution in [1.29, 1.82) is 0 Å². The van der Waals surface area contributed by atoms with E-state index in [0.29, 0.717) is 17.8 Å². The van der Waals surface area contributed by atoms with Crippen molar-refractivity contribution in [3.63, 3.8) is 0 Å². The first kappa shape index (κ1) is 24.4. The van der Waals surface area contributed by atoms with E-state index in [0.717, 1.165) is 42.9 Å². The van der Waals surface area contributed by atoms with Gasteiger partial charge in [0.15, 0.2) is 5.69 Å². The van der Waals surface area contributed by atoms with E-state index in [-0.39, 0.29) is 34.5 Å². The van der Waals surface area contributed by atoms with Crippen molar-refractivity contribution in [2.75, 3.05) is 18.0 Å². The van der Waals surface area contributed by atoms with Crippen LogP contribution in [-0.4, -0.2) is 49.7 Å². The van der Waals surface area contributed by atoms with Gasteiger partial charge in [0.05, 0.1) is 12.6 Å². The average Bonchev–Trinajstić information content (AvgIpc) is 3.47. The van der Waals surface area contributed by atoms with Crippen molar-refractivity contribution in [2.24, 2.45) is 0 Å². The monoisotopic (exact) mass is 515 g/mol. The Morgan fingerprint density at radius 3 is 2.56 bits per heavy atom. The minimum atomic E-state index is -4.34. The van der Waals surface area contributed by atoms with Crippen molar-refractivity contribution < 1.29 is 22.8 Å². The number of aryl methyl sites for hydroxylation is 1. The maximum Gasteiger partial charge on any atom is 0.446 e. The molecular formula is C25H24F3N5O2S. The Kier molecular flexibility index (Phi) is 6.76. The molecular weight excluding hydrogens is 491 g/mol. The number of piperidine rings is 1. The largest absolute Gasteiger partial charge is 0.446 e. The molecule has 0 radical (unpaired) electrons. The maximum atomic E-state index is 12.5. The summed E-state index contributed by atoms with van der Waals surface area (Å²) in [5.74, 6) is 0.515. The van der Waals surface area contributed by atoms with Gasteiger partial charge in [-0.1, -0.05) is 17.3 Å². The molecule has 1 N–H and O–H groups in total. The number of benzene rings is 2. The Morgan fingerprint density at radius 2 is 1.83 bits per heavy atom. The van der Waals surface area contributed by atoms with E-state index in [1.165, 1.54) is 24.3 Å². The van der Waals surface area contributed by atoms with Crippen molar-refractivity contribution in [1.82, 2.24) is 19.9 Å². The molecule has 2 aromatic carbocycles. The van der Waals surface area contributed by atoms with Gasteiger partial charge in [-0.3, -0.25) is 4.68 Å². The number of anilines is 1. The molecule has 0 aliphatic carbocycles. The fourth-order valence-electron chi connectivity index (χ4n) is 4.17. The summed E-state index contributed by atoms with van der Waals surface area (Å²) in [6, 6.07) is 16.0. The number of nitrogens with zero attached hydrogens (tertiary/aromatic N) is 5. The lowest BCUT2D eigenvalue weighted by Crippen LogP contribution is -2.35. The lowest BCUT2D eigenvalue weighted by Gasteiger charge is -2.31. The van der Waals surface area contributed by atoms with Crippen LogP contribution >= 0.6 is 11.8 Å². The summed E-state index contributed by atoms with van der Waals surface area (Å²) < 4.78 is 44.9. The minimum absolute atomic E-state index is 0.0892. The predicted molar refractivity (Wildman–Crippen MR) is 131 cm³/mol. The molecule has 2 aromatic heterocycles. The van der Waals surface area contributed by atoms with Crippen LogP contribution in [0.1, 0.15) is 24.1 Å². The molecule has 3 heterocycles. The van der Waals surface area contributed by atoms with Gasteiger partial charge in [0.1, 0.15) is 0 Å². The number of rotatable bonds is 6. The zero-order chi connectivity index (χ0) is 25.3. The SMILES string of the molecule is Cc1cc(-c2nc(-c3ccc(SC(F)(F)F)cc3)no2)nn1Cc1cccc(N2CCC(O)CC2)c1. The molecule has 0 unspecified atom stereocenters. The van der Waals surface area contributed by atoms with Crippen molar-refractivity contribution in [3.05, 3.63) is 65.9 Å². The fraction of sp³-hybridized carbons (Fsp3) is 0.320. The van der Waals surface area contributed by atoms with Crippen LogP contribution in [0, 0.1) is 6.92 Å². The van der Waals surface area contributed by atoms with Crippen LogP contribution in [0.4, 0.5) is 18.9 Å². The second-order valence-electron chi connectivity index (χ2n) is 8.71. The molecule has 1 aliphatic rings. The van der Waals surface area contributed by atoms with Crippen LogP contribution < -0.4 is 4.90 Å². The van der Waals surface area contributed by atoms with Crippen molar-refractivity contribution in [3.8, 4) is 23.0 Å². The van der Waals surface area contributed by atoms with E-state index in [1.54, 1.807) is 0 Å². The van der Waals surface area contributed by atoms with Gasteiger partial charge in [-0.15, -0.1) is 0 Å². The molecule has 4 aromatic rings. The zero-order valence-electron chi connectivity index (χ0n) is 19.4. The maximum absolute atomic E-state index is 12.5. The van der Waals surface area contributed by atoms with Crippen LogP contribution in [0.15, 0.2) is 64.0 Å². The Balaban J connectivity index is 1.29. The number of thioether (sulfide) groups is 1. The van der Waals surface area contributed by atoms with Gasteiger partial charge in [-0.2, -0.15) is 23.3 Å². The Labute approximate surface area is 209 Å². The zero-order valence-corrected chi connectivity index (χ0v) is 20.3. The van der Waals surface area contributed by atoms with E-state index in [2.05, 4.69) is 38.3 Å². The lowest BCUT2D eigenvalue weighted by molar-refractivity contribution is -0.0328. The number of aliphatic hydroxyl groups excluding tert-OH is 1. The molecule has 1 fully saturated rings. The Hall–Kier alpha value is -3.31. The van der Waals surface area contributed by atoms with Gasteiger partial charge in [-0.05, 0) is 79.6 Å². The van der Waals surface area contributed by atoms with E-state index in [9.17, 15) is 18.3 Å². The molecule has 0 amide bonds. The fourth-order valence-corrected chi connectivity index (χ4v) is 4.71. The molecule has 7 nitrogen and oxygen atoms in total. The highest BCUT2D eigenvalue weighted by Crippen LogP contribution is 2.37. The van der Waals surface area contributed by atoms with Crippen LogP contribution in [0.5, 0.6) is 0 Å². The number of aromatic nitrogens is 4. The molecule has 0 atom stereocenters. The van der Waals surface area contributed by atoms with E-state index in [1.807, 2.05) is 23.7 Å². The highest BCUT2D eigenvalue weighted by molar-refractivity contribution is 8.00. The predicted octanol–water partition coefficient (Wildman–Crippen LogP) is 5.53. The summed E-state index contributed by atoms with van der Waals surface area (Å²) in [5, 5.41) is 18.4. The molecule has 11 heteroatoms. The molecule has 36 heavy (non-hydrogen) atoms. The lowest BCUT2D eigenvalue weighted by atomic mass is 10.1. The first-order chi connectivity index (χ1) is 17.2. The number of aliphatic hydroxyl groups is 1. The topological polar surface area (TPSA) is 80.2 Å². The molecule has 1 saturated heterocycles. The van der Waals surface area contributed by atoms with Crippen molar-refractivity contribution >= 4 is 17.4 Å². The van der Waals surface area contributed by atoms with E-state index < -0.39 is 5.51 Å². The van der Waals surface area contributed by atoms with Gasteiger partial charge >= 0.3 is 5.51 Å². The quantitative estimate of drug-likeness (QED) is 0.338. The normalized spacial score (nSPS) is 15.0. The third kappa shape index (κ3) is 5.73. The van der Waals surface area contributed by atoms with Crippen LogP contribution in [0.2, 0.25) is 0 Å². The van der Waals surface area contributed by atoms with E-state index >= 15 is 0 Å². The summed E-state index contributed by atoms with van der Waals surface area (Å²) in [7, 11) is 0. The number of alkyl halides is 3. The number of hydrogen-bond donors (Lipinski definition) is 1. The summed E-state index contributed by atoms with van der Waals surface area (Å²) >= 11 is -0.169. The molecule has 0 saturated carbocycles. The number of hydrogen-bond acceptors (Lipinski definition) is 7. The number of halogens is 3. The Morgan fingerprint density at radius 1 is 1.08 bits per heavy atom. The summed E-state index contributed by atoms with van der Waals surface area (Å²) in [4.78, 5) is 6.76. The third-order valence-corrected chi connectivity index (χ3v) is 6.78.